The summed E-state index contributed by atoms with van der Waals surface area (Å²) >= 11 is 3.44. The van der Waals surface area contributed by atoms with Crippen molar-refractivity contribution in [2.45, 2.75) is 56.8 Å². The molecule has 196 valence electrons. The van der Waals surface area contributed by atoms with Crippen LogP contribution < -0.4 is 5.56 Å². The molecule has 2 aliphatic rings. The normalized spacial score (nSPS) is 18.6. The summed E-state index contributed by atoms with van der Waals surface area (Å²) in [5, 5.41) is 10.6. The number of alkyl halides is 3. The van der Waals surface area contributed by atoms with E-state index < -0.39 is 29.2 Å². The van der Waals surface area contributed by atoms with Gasteiger partial charge in [0.2, 0.25) is 0 Å². The molecule has 0 bridgehead atoms. The molecule has 0 unspecified atom stereocenters. The van der Waals surface area contributed by atoms with Crippen LogP contribution >= 0.6 is 15.9 Å². The number of fused-ring (bicyclic) bond motifs is 1. The first-order valence-corrected chi connectivity index (χ1v) is 12.5. The molecule has 1 aromatic heterocycles. The quantitative estimate of drug-likeness (QED) is 0.383. The van der Waals surface area contributed by atoms with Crippen LogP contribution in [0.2, 0.25) is 0 Å². The van der Waals surface area contributed by atoms with Gasteiger partial charge in [-0.05, 0) is 73.2 Å². The van der Waals surface area contributed by atoms with E-state index in [0.717, 1.165) is 41.1 Å². The zero-order valence-corrected chi connectivity index (χ0v) is 21.7. The lowest BCUT2D eigenvalue weighted by Crippen LogP contribution is -2.36. The topological polar surface area (TPSA) is 98.7 Å². The van der Waals surface area contributed by atoms with Crippen molar-refractivity contribution in [1.29, 1.82) is 0 Å². The van der Waals surface area contributed by atoms with Gasteiger partial charge in [-0.25, -0.2) is 4.98 Å². The van der Waals surface area contributed by atoms with E-state index >= 15 is 0 Å². The van der Waals surface area contributed by atoms with Crippen molar-refractivity contribution in [3.05, 3.63) is 85.2 Å². The number of benzene rings is 1. The van der Waals surface area contributed by atoms with Gasteiger partial charge in [0, 0.05) is 12.7 Å². The molecule has 1 aromatic carbocycles. The third-order valence-electron chi connectivity index (χ3n) is 6.71. The van der Waals surface area contributed by atoms with E-state index in [1.807, 2.05) is 13.0 Å². The first-order valence-electron chi connectivity index (χ1n) is 11.7. The Hall–Kier alpha value is -3.05. The van der Waals surface area contributed by atoms with Gasteiger partial charge in [0.15, 0.2) is 6.10 Å². The summed E-state index contributed by atoms with van der Waals surface area (Å²) < 4.78 is 40.1. The minimum atomic E-state index is -4.60. The van der Waals surface area contributed by atoms with Crippen molar-refractivity contribution < 1.29 is 23.1 Å². The standard InChI is InChI=1S/C26H26BrF3N4O3/c1-15(27)11-18(13-31-2)25(8-9-25)24-32-20-7-4-10-34(14-19(20)22(36)33-24)23(37)21(35)16-5-3-6-17(12-16)26(28,29)30/h3,5-6,11-13,21,35H,2,4,7-10,14H2,1H3,(H,32,33,36)/b15-11+,18-13+/t21-/m1/s1. The molecule has 2 heterocycles. The zero-order valence-electron chi connectivity index (χ0n) is 20.1. The number of rotatable bonds is 6. The highest BCUT2D eigenvalue weighted by Gasteiger charge is 2.49. The van der Waals surface area contributed by atoms with E-state index in [-0.39, 0.29) is 24.2 Å². The molecular weight excluding hydrogens is 553 g/mol. The Morgan fingerprint density at radius 1 is 1.38 bits per heavy atom. The molecule has 2 aromatic rings. The first kappa shape index (κ1) is 27.0. The van der Waals surface area contributed by atoms with Crippen LogP contribution in [0.4, 0.5) is 13.2 Å². The van der Waals surface area contributed by atoms with Crippen LogP contribution in [0.3, 0.4) is 0 Å². The number of aromatic amines is 1. The van der Waals surface area contributed by atoms with Crippen LogP contribution in [0.25, 0.3) is 0 Å². The molecule has 1 aliphatic carbocycles. The van der Waals surface area contributed by atoms with Gasteiger partial charge >= 0.3 is 6.18 Å². The highest BCUT2D eigenvalue weighted by atomic mass is 79.9. The van der Waals surface area contributed by atoms with E-state index in [1.54, 1.807) is 6.20 Å². The number of aromatic nitrogens is 2. The molecule has 1 atom stereocenters. The van der Waals surface area contributed by atoms with Crippen LogP contribution in [0.5, 0.6) is 0 Å². The summed E-state index contributed by atoms with van der Waals surface area (Å²) in [4.78, 5) is 39.1. The lowest BCUT2D eigenvalue weighted by molar-refractivity contribution is -0.142. The van der Waals surface area contributed by atoms with Crippen molar-refractivity contribution in [2.75, 3.05) is 6.54 Å². The van der Waals surface area contributed by atoms with Crippen LogP contribution in [-0.2, 0) is 29.4 Å². The summed E-state index contributed by atoms with van der Waals surface area (Å²) in [5.74, 6) is -0.241. The number of H-pyrrole nitrogens is 1. The number of aryl methyl sites for hydroxylation is 1. The molecule has 2 N–H and O–H groups in total. The van der Waals surface area contributed by atoms with E-state index in [1.165, 1.54) is 11.0 Å². The number of aliphatic imine (C=N–C) groups is 1. The highest BCUT2D eigenvalue weighted by molar-refractivity contribution is 9.11. The Balaban J connectivity index is 1.62. The average molecular weight is 579 g/mol. The zero-order chi connectivity index (χ0) is 27.0. The lowest BCUT2D eigenvalue weighted by atomic mass is 9.94. The molecule has 7 nitrogen and oxygen atoms in total. The number of hydrogen-bond donors (Lipinski definition) is 2. The van der Waals surface area contributed by atoms with E-state index in [9.17, 15) is 27.9 Å². The van der Waals surface area contributed by atoms with Gasteiger partial charge in [-0.1, -0.05) is 28.1 Å². The Morgan fingerprint density at radius 3 is 2.73 bits per heavy atom. The van der Waals surface area contributed by atoms with Gasteiger partial charge in [-0.15, -0.1) is 0 Å². The summed E-state index contributed by atoms with van der Waals surface area (Å²) in [7, 11) is 0. The van der Waals surface area contributed by atoms with Gasteiger partial charge in [0.05, 0.1) is 28.8 Å². The molecular formula is C26H26BrF3N4O3. The minimum Gasteiger partial charge on any atom is -0.378 e. The number of carbonyl (C=O) groups is 1. The van der Waals surface area contributed by atoms with Gasteiger partial charge in [-0.3, -0.25) is 14.6 Å². The number of halogens is 4. The number of hydrogen-bond acceptors (Lipinski definition) is 5. The summed E-state index contributed by atoms with van der Waals surface area (Å²) in [5.41, 5.74) is -0.232. The molecule has 0 spiro atoms. The number of amides is 1. The third-order valence-corrected chi connectivity index (χ3v) is 6.94. The van der Waals surface area contributed by atoms with Crippen LogP contribution in [-0.4, -0.2) is 39.1 Å². The molecule has 1 aliphatic heterocycles. The molecule has 1 amide bonds. The molecule has 0 radical (unpaired) electrons. The van der Waals surface area contributed by atoms with Crippen LogP contribution in [0.15, 0.2) is 56.4 Å². The molecule has 1 saturated carbocycles. The SMILES string of the molecule is C=N/C=C(\C=C(/C)Br)C1(c2nc3c(c(=O)[nH]2)CN(C(=O)[C@H](O)c2cccc(C(F)(F)F)c2)CCC3)CC1. The largest absolute Gasteiger partial charge is 0.416 e. The molecule has 0 saturated heterocycles. The first-order chi connectivity index (χ1) is 17.5. The van der Waals surface area contributed by atoms with Crippen molar-refractivity contribution in [3.8, 4) is 0 Å². The van der Waals surface area contributed by atoms with E-state index in [0.29, 0.717) is 29.9 Å². The maximum Gasteiger partial charge on any atom is 0.416 e. The Morgan fingerprint density at radius 2 is 2.11 bits per heavy atom. The van der Waals surface area contributed by atoms with E-state index in [2.05, 4.69) is 32.6 Å². The second-order valence-corrected chi connectivity index (χ2v) is 10.6. The smallest absolute Gasteiger partial charge is 0.378 e. The lowest BCUT2D eigenvalue weighted by Gasteiger charge is -2.24. The van der Waals surface area contributed by atoms with Gasteiger partial charge in [-0.2, -0.15) is 13.2 Å². The fourth-order valence-electron chi connectivity index (χ4n) is 4.64. The Bertz CT molecular complexity index is 1340. The maximum atomic E-state index is 13.2. The molecule has 4 rings (SSSR count). The molecule has 37 heavy (non-hydrogen) atoms. The highest BCUT2D eigenvalue weighted by Crippen LogP contribution is 2.53. The average Bonchev–Trinajstić information content (AvgIpc) is 3.66. The number of nitrogens with zero attached hydrogens (tertiary/aromatic N) is 3. The minimum absolute atomic E-state index is 0.100. The van der Waals surface area contributed by atoms with Crippen molar-refractivity contribution in [1.82, 2.24) is 14.9 Å². The van der Waals surface area contributed by atoms with Crippen molar-refractivity contribution >= 4 is 28.6 Å². The van der Waals surface area contributed by atoms with Crippen molar-refractivity contribution in [3.63, 3.8) is 0 Å². The fraction of sp³-hybridized carbons (Fsp3) is 0.385. The maximum absolute atomic E-state index is 13.2. The summed E-state index contributed by atoms with van der Waals surface area (Å²) in [6.45, 7) is 5.56. The number of aliphatic hydroxyl groups excluding tert-OH is 1. The summed E-state index contributed by atoms with van der Waals surface area (Å²) in [6, 6.07) is 4.05. The Kier molecular flexibility index (Phi) is 7.57. The Labute approximate surface area is 220 Å². The van der Waals surface area contributed by atoms with E-state index in [4.69, 9.17) is 4.98 Å². The van der Waals surface area contributed by atoms with Gasteiger partial charge < -0.3 is 15.0 Å². The number of aliphatic hydroxyl groups is 1. The van der Waals surface area contributed by atoms with Crippen molar-refractivity contribution in [2.24, 2.45) is 4.99 Å². The van der Waals surface area contributed by atoms with Gasteiger partial charge in [0.1, 0.15) is 5.82 Å². The van der Waals surface area contributed by atoms with Crippen LogP contribution in [0.1, 0.15) is 60.5 Å². The predicted molar refractivity (Wildman–Crippen MR) is 136 cm³/mol. The summed E-state index contributed by atoms with van der Waals surface area (Å²) in [6.07, 6.45) is -0.339. The molecule has 1 fully saturated rings. The van der Waals surface area contributed by atoms with Gasteiger partial charge in [0.25, 0.3) is 11.5 Å². The third kappa shape index (κ3) is 5.62. The number of carbonyl (C=O) groups excluding carboxylic acids is 1. The predicted octanol–water partition coefficient (Wildman–Crippen LogP) is 4.71. The second-order valence-electron chi connectivity index (χ2n) is 9.31. The molecule has 11 heteroatoms. The van der Waals surface area contributed by atoms with Crippen LogP contribution in [0, 0.1) is 0 Å². The monoisotopic (exact) mass is 578 g/mol. The number of allylic oxidation sites excluding steroid dienone is 3. The number of nitrogens with one attached hydrogen (secondary N) is 1. The fourth-order valence-corrected chi connectivity index (χ4v) is 4.88. The second kappa shape index (κ2) is 10.4.